The largest absolute Gasteiger partial charge is 0.506 e. The van der Waals surface area contributed by atoms with Gasteiger partial charge in [-0.3, -0.25) is 4.79 Å². The number of carbonyl (C=O) groups excluding carboxylic acids is 1. The van der Waals surface area contributed by atoms with Gasteiger partial charge in [0.15, 0.2) is 11.5 Å². The van der Waals surface area contributed by atoms with Crippen LogP contribution in [0.3, 0.4) is 0 Å². The monoisotopic (exact) mass is 368 g/mol. The number of methoxy groups -OCH3 is 1. The number of phenolic OH excluding ortho intramolecular Hbond substituents is 2. The van der Waals surface area contributed by atoms with Gasteiger partial charge in [-0.15, -0.1) is 0 Å². The Labute approximate surface area is 148 Å². The molecule has 0 radical (unpaired) electrons. The SMILES string of the molecule is COc1cccc(C(=O)N/N=C(\C)c2cc(Cl)cc(Cl)c2O)c1O. The smallest absolute Gasteiger partial charge is 0.275 e. The van der Waals surface area contributed by atoms with Gasteiger partial charge in [-0.1, -0.05) is 29.3 Å². The maximum atomic E-state index is 12.1. The molecule has 0 aliphatic rings. The number of benzene rings is 2. The van der Waals surface area contributed by atoms with Crippen LogP contribution in [0, 0.1) is 0 Å². The molecular weight excluding hydrogens is 355 g/mol. The normalized spacial score (nSPS) is 11.2. The number of carbonyl (C=O) groups is 1. The van der Waals surface area contributed by atoms with Gasteiger partial charge in [0, 0.05) is 10.6 Å². The van der Waals surface area contributed by atoms with Crippen LogP contribution in [0.5, 0.6) is 17.2 Å². The number of phenols is 2. The molecule has 0 aromatic heterocycles. The van der Waals surface area contributed by atoms with E-state index >= 15 is 0 Å². The summed E-state index contributed by atoms with van der Waals surface area (Å²) in [5, 5.41) is 24.2. The van der Waals surface area contributed by atoms with Crippen molar-refractivity contribution in [3.05, 3.63) is 51.5 Å². The first-order valence-electron chi connectivity index (χ1n) is 6.74. The Kier molecular flexibility index (Phi) is 5.54. The molecule has 2 rings (SSSR count). The van der Waals surface area contributed by atoms with E-state index < -0.39 is 5.91 Å². The lowest BCUT2D eigenvalue weighted by molar-refractivity contribution is 0.0951. The van der Waals surface area contributed by atoms with E-state index in [4.69, 9.17) is 27.9 Å². The molecule has 2 aromatic rings. The summed E-state index contributed by atoms with van der Waals surface area (Å²) in [5.41, 5.74) is 2.86. The first-order valence-corrected chi connectivity index (χ1v) is 7.49. The van der Waals surface area contributed by atoms with Crippen molar-refractivity contribution in [2.24, 2.45) is 5.10 Å². The third-order valence-electron chi connectivity index (χ3n) is 3.21. The van der Waals surface area contributed by atoms with Gasteiger partial charge >= 0.3 is 0 Å². The van der Waals surface area contributed by atoms with Crippen LogP contribution in [0.2, 0.25) is 10.0 Å². The summed E-state index contributed by atoms with van der Waals surface area (Å²) in [4.78, 5) is 12.1. The molecule has 8 heteroatoms. The minimum Gasteiger partial charge on any atom is -0.506 e. The van der Waals surface area contributed by atoms with E-state index in [1.165, 1.54) is 31.4 Å². The van der Waals surface area contributed by atoms with Crippen molar-refractivity contribution in [2.75, 3.05) is 7.11 Å². The maximum absolute atomic E-state index is 12.1. The Morgan fingerprint density at radius 2 is 1.88 bits per heavy atom. The molecule has 126 valence electrons. The van der Waals surface area contributed by atoms with Gasteiger partial charge in [0.05, 0.1) is 23.4 Å². The third kappa shape index (κ3) is 3.72. The number of hydrazone groups is 1. The Hall–Kier alpha value is -2.44. The van der Waals surface area contributed by atoms with Crippen molar-refractivity contribution in [2.45, 2.75) is 6.92 Å². The van der Waals surface area contributed by atoms with E-state index in [1.54, 1.807) is 13.0 Å². The number of amides is 1. The molecular formula is C16H14Cl2N2O4. The number of nitrogens with one attached hydrogen (secondary N) is 1. The molecule has 0 aliphatic heterocycles. The van der Waals surface area contributed by atoms with E-state index in [1.807, 2.05) is 0 Å². The summed E-state index contributed by atoms with van der Waals surface area (Å²) < 4.78 is 4.94. The Morgan fingerprint density at radius 1 is 1.17 bits per heavy atom. The van der Waals surface area contributed by atoms with Gasteiger partial charge in [-0.25, -0.2) is 5.43 Å². The maximum Gasteiger partial charge on any atom is 0.275 e. The molecule has 1 amide bonds. The van der Waals surface area contributed by atoms with Crippen molar-refractivity contribution in [1.82, 2.24) is 5.43 Å². The minimum atomic E-state index is -0.640. The van der Waals surface area contributed by atoms with Crippen molar-refractivity contribution in [3.63, 3.8) is 0 Å². The average molecular weight is 369 g/mol. The zero-order chi connectivity index (χ0) is 17.9. The highest BCUT2D eigenvalue weighted by atomic mass is 35.5. The van der Waals surface area contributed by atoms with Crippen molar-refractivity contribution in [3.8, 4) is 17.2 Å². The minimum absolute atomic E-state index is 0.000696. The van der Waals surface area contributed by atoms with E-state index in [0.717, 1.165) is 0 Å². The van der Waals surface area contributed by atoms with Crippen LogP contribution < -0.4 is 10.2 Å². The van der Waals surface area contributed by atoms with Gasteiger partial charge in [-0.2, -0.15) is 5.10 Å². The fourth-order valence-electron chi connectivity index (χ4n) is 1.97. The standard InChI is InChI=1S/C16H14Cl2N2O4/c1-8(11-6-9(17)7-12(18)14(11)21)19-20-16(23)10-4-3-5-13(24-2)15(10)22/h3-7,21-22H,1-2H3,(H,20,23)/b19-8+. The number of halogens is 2. The van der Waals surface area contributed by atoms with Crippen LogP contribution in [0.25, 0.3) is 0 Å². The Bertz CT molecular complexity index is 822. The number of para-hydroxylation sites is 1. The fourth-order valence-corrected chi connectivity index (χ4v) is 2.46. The first kappa shape index (κ1) is 17.9. The molecule has 0 bridgehead atoms. The van der Waals surface area contributed by atoms with Gasteiger partial charge < -0.3 is 14.9 Å². The van der Waals surface area contributed by atoms with Crippen LogP contribution >= 0.6 is 23.2 Å². The summed E-state index contributed by atoms with van der Waals surface area (Å²) >= 11 is 11.7. The van der Waals surface area contributed by atoms with Crippen LogP contribution in [0.4, 0.5) is 0 Å². The molecule has 24 heavy (non-hydrogen) atoms. The van der Waals surface area contributed by atoms with E-state index in [0.29, 0.717) is 5.02 Å². The van der Waals surface area contributed by atoms with Crippen molar-refractivity contribution >= 4 is 34.8 Å². The van der Waals surface area contributed by atoms with Crippen molar-refractivity contribution in [1.29, 1.82) is 0 Å². The average Bonchev–Trinajstić information content (AvgIpc) is 2.55. The quantitative estimate of drug-likeness (QED) is 0.568. The first-order chi connectivity index (χ1) is 11.3. The summed E-state index contributed by atoms with van der Waals surface area (Å²) in [7, 11) is 1.38. The van der Waals surface area contributed by atoms with E-state index in [2.05, 4.69) is 10.5 Å². The lowest BCUT2D eigenvalue weighted by Crippen LogP contribution is -2.19. The Morgan fingerprint density at radius 3 is 2.54 bits per heavy atom. The van der Waals surface area contributed by atoms with Crippen LogP contribution in [-0.2, 0) is 0 Å². The van der Waals surface area contributed by atoms with Gasteiger partial charge in [0.2, 0.25) is 0 Å². The summed E-state index contributed by atoms with van der Waals surface area (Å²) in [5.74, 6) is -0.958. The van der Waals surface area contributed by atoms with Crippen LogP contribution in [0.1, 0.15) is 22.8 Å². The number of aromatic hydroxyl groups is 2. The zero-order valence-corrected chi connectivity index (χ0v) is 14.3. The molecule has 0 saturated carbocycles. The number of ether oxygens (including phenoxy) is 1. The van der Waals surface area contributed by atoms with E-state index in [-0.39, 0.29) is 39.1 Å². The number of hydrogen-bond acceptors (Lipinski definition) is 5. The summed E-state index contributed by atoms with van der Waals surface area (Å²) in [6.45, 7) is 1.56. The predicted molar refractivity (Wildman–Crippen MR) is 92.5 cm³/mol. The zero-order valence-electron chi connectivity index (χ0n) is 12.8. The number of hydrogen-bond donors (Lipinski definition) is 3. The molecule has 0 atom stereocenters. The molecule has 6 nitrogen and oxygen atoms in total. The Balaban J connectivity index is 2.26. The van der Waals surface area contributed by atoms with Gasteiger partial charge in [0.25, 0.3) is 5.91 Å². The topological polar surface area (TPSA) is 91.2 Å². The highest BCUT2D eigenvalue weighted by Gasteiger charge is 2.15. The second-order valence-electron chi connectivity index (χ2n) is 4.78. The van der Waals surface area contributed by atoms with Crippen LogP contribution in [0.15, 0.2) is 35.4 Å². The lowest BCUT2D eigenvalue weighted by atomic mass is 10.1. The van der Waals surface area contributed by atoms with Crippen molar-refractivity contribution < 1.29 is 19.7 Å². The van der Waals surface area contributed by atoms with Gasteiger partial charge in [-0.05, 0) is 31.2 Å². The lowest BCUT2D eigenvalue weighted by Gasteiger charge is -2.09. The number of nitrogens with zero attached hydrogens (tertiary/aromatic N) is 1. The third-order valence-corrected chi connectivity index (χ3v) is 3.71. The molecule has 2 aromatic carbocycles. The van der Waals surface area contributed by atoms with Gasteiger partial charge in [0.1, 0.15) is 5.75 Å². The fraction of sp³-hybridized carbons (Fsp3) is 0.125. The molecule has 3 N–H and O–H groups in total. The van der Waals surface area contributed by atoms with Crippen LogP contribution in [-0.4, -0.2) is 28.9 Å². The second-order valence-corrected chi connectivity index (χ2v) is 5.62. The second kappa shape index (κ2) is 7.42. The summed E-state index contributed by atoms with van der Waals surface area (Å²) in [6.07, 6.45) is 0. The molecule has 0 unspecified atom stereocenters. The predicted octanol–water partition coefficient (Wildman–Crippen LogP) is 3.57. The van der Waals surface area contributed by atoms with E-state index in [9.17, 15) is 15.0 Å². The molecule has 0 saturated heterocycles. The summed E-state index contributed by atoms with van der Waals surface area (Å²) in [6, 6.07) is 7.36. The highest BCUT2D eigenvalue weighted by Crippen LogP contribution is 2.32. The molecule has 0 fully saturated rings. The highest BCUT2D eigenvalue weighted by molar-refractivity contribution is 6.36. The molecule has 0 aliphatic carbocycles. The molecule has 0 heterocycles. The molecule has 0 spiro atoms. The number of rotatable bonds is 4.